The van der Waals surface area contributed by atoms with E-state index in [4.69, 9.17) is 21.3 Å². The summed E-state index contributed by atoms with van der Waals surface area (Å²) in [4.78, 5) is 6.99. The van der Waals surface area contributed by atoms with Crippen LogP contribution in [-0.4, -0.2) is 31.3 Å². The fourth-order valence-electron chi connectivity index (χ4n) is 3.20. The Morgan fingerprint density at radius 1 is 1.08 bits per heavy atom. The fourth-order valence-corrected chi connectivity index (χ4v) is 3.36. The third-order valence-electron chi connectivity index (χ3n) is 4.49. The summed E-state index contributed by atoms with van der Waals surface area (Å²) in [7, 11) is 0. The second-order valence-corrected chi connectivity index (χ2v) is 6.71. The molecule has 0 amide bonds. The average Bonchev–Trinajstić information content (AvgIpc) is 2.61. The molecule has 25 heavy (non-hydrogen) atoms. The lowest BCUT2D eigenvalue weighted by Gasteiger charge is -2.28. The molecule has 1 aliphatic rings. The van der Waals surface area contributed by atoms with Gasteiger partial charge in [-0.25, -0.2) is 9.37 Å². The highest BCUT2D eigenvalue weighted by Crippen LogP contribution is 2.33. The smallest absolute Gasteiger partial charge is 0.134 e. The van der Waals surface area contributed by atoms with Gasteiger partial charge in [-0.05, 0) is 36.6 Å². The van der Waals surface area contributed by atoms with Crippen LogP contribution < -0.4 is 4.90 Å². The molecule has 0 saturated carbocycles. The predicted octanol–water partition coefficient (Wildman–Crippen LogP) is 4.84. The zero-order valence-corrected chi connectivity index (χ0v) is 14.7. The summed E-state index contributed by atoms with van der Waals surface area (Å²) >= 11 is 5.91. The number of benzene rings is 2. The van der Waals surface area contributed by atoms with Crippen LogP contribution in [0.2, 0.25) is 5.02 Å². The van der Waals surface area contributed by atoms with Crippen LogP contribution in [0.15, 0.2) is 42.5 Å². The highest BCUT2D eigenvalue weighted by molar-refractivity contribution is 6.30. The average molecular weight is 357 g/mol. The minimum atomic E-state index is -0.360. The van der Waals surface area contributed by atoms with Crippen LogP contribution in [0, 0.1) is 12.7 Å². The number of morpholine rings is 1. The third-order valence-corrected chi connectivity index (χ3v) is 4.73. The number of anilines is 1. The van der Waals surface area contributed by atoms with Crippen molar-refractivity contribution in [2.45, 2.75) is 6.92 Å². The first kappa shape index (κ1) is 16.3. The molecule has 2 aromatic carbocycles. The molecule has 1 fully saturated rings. The molecular weight excluding hydrogens is 339 g/mol. The van der Waals surface area contributed by atoms with Crippen molar-refractivity contribution < 1.29 is 9.13 Å². The fraction of sp³-hybridized carbons (Fsp3) is 0.250. The molecule has 128 valence electrons. The number of hydrogen-bond acceptors (Lipinski definition) is 3. The maximum absolute atomic E-state index is 14.6. The van der Waals surface area contributed by atoms with E-state index in [0.29, 0.717) is 29.5 Å². The van der Waals surface area contributed by atoms with Crippen LogP contribution in [-0.2, 0) is 4.74 Å². The van der Waals surface area contributed by atoms with Crippen molar-refractivity contribution in [3.63, 3.8) is 0 Å². The van der Waals surface area contributed by atoms with Crippen LogP contribution in [0.1, 0.15) is 5.56 Å². The summed E-state index contributed by atoms with van der Waals surface area (Å²) in [6.07, 6.45) is 0. The Balaban J connectivity index is 1.94. The summed E-state index contributed by atoms with van der Waals surface area (Å²) in [5.41, 5.74) is 2.27. The highest BCUT2D eigenvalue weighted by Gasteiger charge is 2.17. The van der Waals surface area contributed by atoms with E-state index in [9.17, 15) is 4.39 Å². The van der Waals surface area contributed by atoms with Gasteiger partial charge >= 0.3 is 0 Å². The lowest BCUT2D eigenvalue weighted by atomic mass is 10.0. The maximum Gasteiger partial charge on any atom is 0.134 e. The molecule has 0 aliphatic carbocycles. The second-order valence-electron chi connectivity index (χ2n) is 6.28. The van der Waals surface area contributed by atoms with Gasteiger partial charge in [0.25, 0.3) is 0 Å². The monoisotopic (exact) mass is 356 g/mol. The standard InChI is InChI=1S/C20H18ClFN2O/c1-13-2-4-16-14(10-13)11-19(24-6-8-25-9-7-24)23-20(16)17-5-3-15(21)12-18(17)22/h2-5,10-12H,6-9H2,1H3. The maximum atomic E-state index is 14.6. The number of aromatic nitrogens is 1. The lowest BCUT2D eigenvalue weighted by molar-refractivity contribution is 0.122. The number of aryl methyl sites for hydroxylation is 1. The van der Waals surface area contributed by atoms with E-state index < -0.39 is 0 Å². The van der Waals surface area contributed by atoms with Gasteiger partial charge in [-0.15, -0.1) is 0 Å². The first-order valence-electron chi connectivity index (χ1n) is 8.31. The Bertz CT molecular complexity index is 938. The first-order chi connectivity index (χ1) is 12.1. The Morgan fingerprint density at radius 3 is 2.64 bits per heavy atom. The predicted molar refractivity (Wildman–Crippen MR) is 99.9 cm³/mol. The van der Waals surface area contributed by atoms with Gasteiger partial charge in [-0.3, -0.25) is 0 Å². The third kappa shape index (κ3) is 3.20. The van der Waals surface area contributed by atoms with E-state index in [1.54, 1.807) is 12.1 Å². The first-order valence-corrected chi connectivity index (χ1v) is 8.69. The Labute approximate surface area is 151 Å². The summed E-state index contributed by atoms with van der Waals surface area (Å²) in [5.74, 6) is 0.492. The Kier molecular flexibility index (Phi) is 4.32. The van der Waals surface area contributed by atoms with Crippen LogP contribution >= 0.6 is 11.6 Å². The number of nitrogens with zero attached hydrogens (tertiary/aromatic N) is 2. The van der Waals surface area contributed by atoms with E-state index in [0.717, 1.165) is 35.2 Å². The normalized spacial score (nSPS) is 14.9. The molecule has 1 aromatic heterocycles. The van der Waals surface area contributed by atoms with E-state index in [2.05, 4.69) is 24.0 Å². The molecule has 0 atom stereocenters. The van der Waals surface area contributed by atoms with Gasteiger partial charge in [0, 0.05) is 29.1 Å². The summed E-state index contributed by atoms with van der Waals surface area (Å²) in [5, 5.41) is 2.37. The molecule has 1 aliphatic heterocycles. The molecule has 3 aromatic rings. The molecule has 3 nitrogen and oxygen atoms in total. The molecule has 0 spiro atoms. The van der Waals surface area contributed by atoms with Gasteiger partial charge in [0.1, 0.15) is 11.6 Å². The topological polar surface area (TPSA) is 25.4 Å². The van der Waals surface area contributed by atoms with E-state index in [1.807, 2.05) is 12.1 Å². The van der Waals surface area contributed by atoms with Gasteiger partial charge in [0.2, 0.25) is 0 Å². The molecule has 2 heterocycles. The van der Waals surface area contributed by atoms with Crippen molar-refractivity contribution in [1.29, 1.82) is 0 Å². The van der Waals surface area contributed by atoms with Crippen molar-refractivity contribution >= 4 is 28.2 Å². The number of hydrogen-bond donors (Lipinski definition) is 0. The van der Waals surface area contributed by atoms with Gasteiger partial charge in [-0.2, -0.15) is 0 Å². The number of fused-ring (bicyclic) bond motifs is 1. The van der Waals surface area contributed by atoms with Crippen molar-refractivity contribution in [2.75, 3.05) is 31.2 Å². The van der Waals surface area contributed by atoms with Gasteiger partial charge in [0.15, 0.2) is 0 Å². The molecule has 4 rings (SSSR count). The molecule has 0 bridgehead atoms. The lowest BCUT2D eigenvalue weighted by Crippen LogP contribution is -2.36. The quantitative estimate of drug-likeness (QED) is 0.657. The second kappa shape index (κ2) is 6.62. The summed E-state index contributed by atoms with van der Waals surface area (Å²) in [6.45, 7) is 4.98. The number of pyridine rings is 1. The SMILES string of the molecule is Cc1ccc2c(-c3ccc(Cl)cc3F)nc(N3CCOCC3)cc2c1. The van der Waals surface area contributed by atoms with Crippen LogP contribution in [0.5, 0.6) is 0 Å². The zero-order chi connectivity index (χ0) is 17.4. The van der Waals surface area contributed by atoms with Crippen molar-refractivity contribution in [3.8, 4) is 11.3 Å². The molecule has 0 N–H and O–H groups in total. The van der Waals surface area contributed by atoms with Crippen LogP contribution in [0.25, 0.3) is 22.0 Å². The Morgan fingerprint density at radius 2 is 1.88 bits per heavy atom. The van der Waals surface area contributed by atoms with Crippen molar-refractivity contribution in [3.05, 3.63) is 58.9 Å². The van der Waals surface area contributed by atoms with Crippen molar-refractivity contribution in [2.24, 2.45) is 0 Å². The van der Waals surface area contributed by atoms with Crippen molar-refractivity contribution in [1.82, 2.24) is 4.98 Å². The van der Waals surface area contributed by atoms with Gasteiger partial charge in [0.05, 0.1) is 18.9 Å². The molecule has 0 radical (unpaired) electrons. The van der Waals surface area contributed by atoms with E-state index in [1.165, 1.54) is 6.07 Å². The number of halogens is 2. The number of ether oxygens (including phenoxy) is 1. The Hall–Kier alpha value is -2.17. The molecule has 1 saturated heterocycles. The highest BCUT2D eigenvalue weighted by atomic mass is 35.5. The van der Waals surface area contributed by atoms with Gasteiger partial charge in [-0.1, -0.05) is 35.4 Å². The van der Waals surface area contributed by atoms with Crippen LogP contribution in [0.4, 0.5) is 10.2 Å². The summed E-state index contributed by atoms with van der Waals surface area (Å²) < 4.78 is 20.0. The van der Waals surface area contributed by atoms with E-state index >= 15 is 0 Å². The number of rotatable bonds is 2. The molecule has 5 heteroatoms. The summed E-state index contributed by atoms with van der Waals surface area (Å²) in [6, 6.07) is 12.9. The minimum absolute atomic E-state index is 0.360. The molecular formula is C20H18ClFN2O. The largest absolute Gasteiger partial charge is 0.378 e. The zero-order valence-electron chi connectivity index (χ0n) is 13.9. The minimum Gasteiger partial charge on any atom is -0.378 e. The van der Waals surface area contributed by atoms with Crippen LogP contribution in [0.3, 0.4) is 0 Å². The van der Waals surface area contributed by atoms with Gasteiger partial charge < -0.3 is 9.64 Å². The van der Waals surface area contributed by atoms with E-state index in [-0.39, 0.29) is 5.82 Å². The molecule has 0 unspecified atom stereocenters.